The molecule has 2 N–H and O–H groups in total. The molecule has 0 bridgehead atoms. The summed E-state index contributed by atoms with van der Waals surface area (Å²) >= 11 is 0. The topological polar surface area (TPSA) is 46.3 Å². The lowest BCUT2D eigenvalue weighted by atomic mass is 10.1. The van der Waals surface area contributed by atoms with E-state index in [1.807, 2.05) is 0 Å². The van der Waals surface area contributed by atoms with E-state index >= 15 is 0 Å². The summed E-state index contributed by atoms with van der Waals surface area (Å²) in [6.45, 7) is 1.42. The van der Waals surface area contributed by atoms with Gasteiger partial charge in [-0.2, -0.15) is 13.2 Å². The molecule has 0 radical (unpaired) electrons. The van der Waals surface area contributed by atoms with E-state index in [0.29, 0.717) is 17.0 Å². The number of nitrogens with two attached hydrogens (primary N) is 1. The number of hydrogen-bond acceptors (Lipinski definition) is 2. The smallest absolute Gasteiger partial charge is 0.396 e. The summed E-state index contributed by atoms with van der Waals surface area (Å²) in [7, 11) is 0. The lowest BCUT2D eigenvalue weighted by Gasteiger charge is -2.26. The first-order chi connectivity index (χ1) is 9.51. The lowest BCUT2D eigenvalue weighted by Crippen LogP contribution is -2.41. The molecule has 3 nitrogen and oxygen atoms in total. The van der Waals surface area contributed by atoms with Crippen LogP contribution in [0.2, 0.25) is 0 Å². The third kappa shape index (κ3) is 4.87. The molecule has 0 aliphatic rings. The van der Waals surface area contributed by atoms with Crippen LogP contribution in [0, 0.1) is 17.6 Å². The molecule has 0 spiro atoms. The van der Waals surface area contributed by atoms with E-state index in [1.165, 1.54) is 0 Å². The summed E-state index contributed by atoms with van der Waals surface area (Å²) in [5, 5.41) is 0. The molecule has 1 rings (SSSR count). The Labute approximate surface area is 118 Å². The summed E-state index contributed by atoms with van der Waals surface area (Å²) in [6.07, 6.45) is -4.64. The second-order valence-electron chi connectivity index (χ2n) is 5.05. The highest BCUT2D eigenvalue weighted by Gasteiger charge is 2.34. The average Bonchev–Trinajstić information content (AvgIpc) is 2.29. The zero-order chi connectivity index (χ0) is 16.4. The SMILES string of the molecule is CC(C)CN(CC(F)(F)F)C(=O)c1cc(F)cc(N)c1F. The number of rotatable bonds is 4. The number of nitrogens with zero attached hydrogens (tertiary/aromatic N) is 1. The summed E-state index contributed by atoms with van der Waals surface area (Å²) in [5.74, 6) is -3.74. The van der Waals surface area contributed by atoms with Gasteiger partial charge < -0.3 is 10.6 Å². The van der Waals surface area contributed by atoms with Gasteiger partial charge >= 0.3 is 6.18 Å². The van der Waals surface area contributed by atoms with Crippen molar-refractivity contribution < 1.29 is 26.7 Å². The molecule has 0 heterocycles. The van der Waals surface area contributed by atoms with Crippen LogP contribution in [0.4, 0.5) is 27.6 Å². The quantitative estimate of drug-likeness (QED) is 0.685. The molecule has 0 fully saturated rings. The van der Waals surface area contributed by atoms with Crippen LogP contribution in [-0.2, 0) is 0 Å². The maximum Gasteiger partial charge on any atom is 0.406 e. The summed E-state index contributed by atoms with van der Waals surface area (Å²) in [5.41, 5.74) is 3.74. The van der Waals surface area contributed by atoms with E-state index < -0.39 is 41.5 Å². The Hall–Kier alpha value is -1.86. The number of nitrogen functional groups attached to an aromatic ring is 1. The maximum absolute atomic E-state index is 13.7. The van der Waals surface area contributed by atoms with Gasteiger partial charge in [0.15, 0.2) is 5.82 Å². The molecule has 0 atom stereocenters. The predicted octanol–water partition coefficient (Wildman–Crippen LogP) is 3.21. The van der Waals surface area contributed by atoms with Crippen LogP contribution in [0.5, 0.6) is 0 Å². The summed E-state index contributed by atoms with van der Waals surface area (Å²) in [6, 6.07) is 1.19. The zero-order valence-corrected chi connectivity index (χ0v) is 11.5. The van der Waals surface area contributed by atoms with Crippen molar-refractivity contribution in [2.75, 3.05) is 18.8 Å². The van der Waals surface area contributed by atoms with Crippen LogP contribution >= 0.6 is 0 Å². The second-order valence-corrected chi connectivity index (χ2v) is 5.05. The maximum atomic E-state index is 13.7. The van der Waals surface area contributed by atoms with Crippen LogP contribution in [-0.4, -0.2) is 30.1 Å². The van der Waals surface area contributed by atoms with E-state index in [9.17, 15) is 26.7 Å². The van der Waals surface area contributed by atoms with E-state index in [4.69, 9.17) is 5.73 Å². The Balaban J connectivity index is 3.16. The minimum atomic E-state index is -4.64. The zero-order valence-electron chi connectivity index (χ0n) is 11.5. The van der Waals surface area contributed by atoms with Crippen molar-refractivity contribution in [2.45, 2.75) is 20.0 Å². The summed E-state index contributed by atoms with van der Waals surface area (Å²) < 4.78 is 64.4. The van der Waals surface area contributed by atoms with Gasteiger partial charge in [0.1, 0.15) is 12.4 Å². The lowest BCUT2D eigenvalue weighted by molar-refractivity contribution is -0.141. The van der Waals surface area contributed by atoms with E-state index in [0.717, 1.165) is 0 Å². The predicted molar refractivity (Wildman–Crippen MR) is 67.6 cm³/mol. The largest absolute Gasteiger partial charge is 0.406 e. The van der Waals surface area contributed by atoms with Crippen LogP contribution in [0.15, 0.2) is 12.1 Å². The van der Waals surface area contributed by atoms with Crippen molar-refractivity contribution >= 4 is 11.6 Å². The van der Waals surface area contributed by atoms with Crippen LogP contribution in [0.25, 0.3) is 0 Å². The molecule has 0 saturated carbocycles. The Kier molecular flexibility index (Phi) is 5.14. The molecule has 1 aromatic carbocycles. The van der Waals surface area contributed by atoms with Gasteiger partial charge in [-0.3, -0.25) is 4.79 Å². The molecule has 0 aliphatic carbocycles. The van der Waals surface area contributed by atoms with Crippen LogP contribution in [0.1, 0.15) is 24.2 Å². The normalized spacial score (nSPS) is 11.8. The van der Waals surface area contributed by atoms with Gasteiger partial charge in [0.25, 0.3) is 5.91 Å². The van der Waals surface area contributed by atoms with Gasteiger partial charge in [0.05, 0.1) is 11.3 Å². The standard InChI is InChI=1S/C13H15F5N2O/c1-7(2)5-20(6-13(16,17)18)12(21)9-3-8(14)4-10(19)11(9)15/h3-4,7H,5-6,19H2,1-2H3. The fourth-order valence-electron chi connectivity index (χ4n) is 1.81. The van der Waals surface area contributed by atoms with Gasteiger partial charge in [-0.15, -0.1) is 0 Å². The fraction of sp³-hybridized carbons (Fsp3) is 0.462. The molecule has 21 heavy (non-hydrogen) atoms. The highest BCUT2D eigenvalue weighted by atomic mass is 19.4. The van der Waals surface area contributed by atoms with Crippen molar-refractivity contribution in [3.63, 3.8) is 0 Å². The molecule has 0 aromatic heterocycles. The molecular weight excluding hydrogens is 295 g/mol. The number of alkyl halides is 3. The van der Waals surface area contributed by atoms with Gasteiger partial charge in [0, 0.05) is 6.54 Å². The minimum Gasteiger partial charge on any atom is -0.396 e. The molecule has 0 saturated heterocycles. The van der Waals surface area contributed by atoms with Crippen LogP contribution in [0.3, 0.4) is 0 Å². The number of hydrogen-bond donors (Lipinski definition) is 1. The minimum absolute atomic E-state index is 0.242. The molecule has 1 aromatic rings. The molecule has 118 valence electrons. The van der Waals surface area contributed by atoms with Crippen molar-refractivity contribution in [1.82, 2.24) is 4.90 Å². The number of carbonyl (C=O) groups excluding carboxylic acids is 1. The molecule has 0 aliphatic heterocycles. The fourth-order valence-corrected chi connectivity index (χ4v) is 1.81. The molecular formula is C13H15F5N2O. The number of anilines is 1. The van der Waals surface area contributed by atoms with Gasteiger partial charge in [0.2, 0.25) is 0 Å². The molecule has 8 heteroatoms. The number of halogens is 5. The van der Waals surface area contributed by atoms with E-state index in [2.05, 4.69) is 0 Å². The third-order valence-electron chi connectivity index (χ3n) is 2.54. The average molecular weight is 310 g/mol. The number of amides is 1. The number of carbonyl (C=O) groups is 1. The Morgan fingerprint density at radius 2 is 1.86 bits per heavy atom. The van der Waals surface area contributed by atoms with Crippen LogP contribution < -0.4 is 5.73 Å². The van der Waals surface area contributed by atoms with E-state index in [-0.39, 0.29) is 12.5 Å². The Morgan fingerprint density at radius 1 is 1.29 bits per heavy atom. The Bertz CT molecular complexity index is 528. The van der Waals surface area contributed by atoms with Crippen molar-refractivity contribution in [3.05, 3.63) is 29.3 Å². The first-order valence-corrected chi connectivity index (χ1v) is 6.11. The number of benzene rings is 1. The molecule has 1 amide bonds. The highest BCUT2D eigenvalue weighted by Crippen LogP contribution is 2.23. The van der Waals surface area contributed by atoms with E-state index in [1.54, 1.807) is 13.8 Å². The Morgan fingerprint density at radius 3 is 2.33 bits per heavy atom. The highest BCUT2D eigenvalue weighted by molar-refractivity contribution is 5.95. The first kappa shape index (κ1) is 17.2. The van der Waals surface area contributed by atoms with Gasteiger partial charge in [-0.05, 0) is 18.1 Å². The van der Waals surface area contributed by atoms with Crippen molar-refractivity contribution in [1.29, 1.82) is 0 Å². The monoisotopic (exact) mass is 310 g/mol. The van der Waals surface area contributed by atoms with Crippen molar-refractivity contribution in [3.8, 4) is 0 Å². The summed E-state index contributed by atoms with van der Waals surface area (Å²) in [4.78, 5) is 12.5. The van der Waals surface area contributed by atoms with Gasteiger partial charge in [-0.1, -0.05) is 13.8 Å². The molecule has 0 unspecified atom stereocenters. The second kappa shape index (κ2) is 6.28. The van der Waals surface area contributed by atoms with Crippen molar-refractivity contribution in [2.24, 2.45) is 5.92 Å². The van der Waals surface area contributed by atoms with Gasteiger partial charge in [-0.25, -0.2) is 8.78 Å². The first-order valence-electron chi connectivity index (χ1n) is 6.11. The third-order valence-corrected chi connectivity index (χ3v) is 2.54.